The molecule has 5 fully saturated rings. The predicted molar refractivity (Wildman–Crippen MR) is 187 cm³/mol. The summed E-state index contributed by atoms with van der Waals surface area (Å²) in [6.07, 6.45) is 0.266. The van der Waals surface area contributed by atoms with Gasteiger partial charge in [0, 0.05) is 12.3 Å². The molecule has 3 heterocycles. The molecule has 17 heteroatoms. The normalized spacial score (nSPS) is 30.0. The molecule has 3 aliphatic carbocycles. The number of aromatic nitrogens is 2. The van der Waals surface area contributed by atoms with Crippen LogP contribution in [0.3, 0.4) is 0 Å². The number of rotatable bonds is 10. The van der Waals surface area contributed by atoms with Crippen molar-refractivity contribution in [3.63, 3.8) is 0 Å². The second kappa shape index (κ2) is 13.3. The summed E-state index contributed by atoms with van der Waals surface area (Å²) in [5.41, 5.74) is -2.97. The van der Waals surface area contributed by atoms with E-state index in [1.807, 2.05) is 13.8 Å². The number of ether oxygens (including phenoxy) is 5. The van der Waals surface area contributed by atoms with Crippen molar-refractivity contribution in [2.75, 3.05) is 19.8 Å². The fraction of sp³-hybridized carbons (Fsp3) is 0.462. The Morgan fingerprint density at radius 1 is 0.964 bits per heavy atom. The Balaban J connectivity index is 0.922. The molecule has 3 saturated carbocycles. The van der Waals surface area contributed by atoms with Crippen LogP contribution in [0.2, 0.25) is 0 Å². The van der Waals surface area contributed by atoms with Crippen molar-refractivity contribution in [2.45, 2.75) is 68.1 Å². The van der Waals surface area contributed by atoms with Crippen LogP contribution in [0.1, 0.15) is 66.7 Å². The summed E-state index contributed by atoms with van der Waals surface area (Å²) in [5.74, 6) is -5.55. The first kappa shape index (κ1) is 37.3. The second-order valence-corrected chi connectivity index (χ2v) is 17.5. The number of carbonyl (C=O) groups is 5. The topological polar surface area (TPSA) is 218 Å². The minimum absolute atomic E-state index is 0.00437. The van der Waals surface area contributed by atoms with Gasteiger partial charge in [0.1, 0.15) is 18.8 Å². The minimum Gasteiger partial charge on any atom is -0.465 e. The lowest BCUT2D eigenvalue weighted by atomic mass is 9.43. The monoisotopic (exact) mass is 791 g/mol. The minimum atomic E-state index is -4.27. The summed E-state index contributed by atoms with van der Waals surface area (Å²) in [6, 6.07) is 12.7. The molecule has 2 aliphatic heterocycles. The first-order valence-electron chi connectivity index (χ1n) is 18.3. The number of hydrogen-bond acceptors (Lipinski definition) is 14. The molecule has 0 amide bonds. The maximum Gasteiger partial charge on any atom is 0.404 e. The zero-order valence-corrected chi connectivity index (χ0v) is 31.3. The van der Waals surface area contributed by atoms with Crippen LogP contribution >= 0.6 is 0 Å². The number of nitrogens with zero attached hydrogens (tertiary/aromatic N) is 1. The van der Waals surface area contributed by atoms with E-state index in [-0.39, 0.29) is 58.4 Å². The molecule has 2 saturated heterocycles. The quantitative estimate of drug-likeness (QED) is 0.102. The third kappa shape index (κ3) is 5.37. The van der Waals surface area contributed by atoms with Crippen LogP contribution in [0, 0.1) is 38.9 Å². The highest BCUT2D eigenvalue weighted by molar-refractivity contribution is 7.91. The van der Waals surface area contributed by atoms with Gasteiger partial charge in [0.2, 0.25) is 4.60 Å². The molecular weight excluding hydrogens is 752 g/mol. The Kier molecular flexibility index (Phi) is 8.85. The standard InChI is InChI=1S/C39H39N2O14S/c1-21-25-14-15-26-38-20-52-35(45)28(38)37(2,3)17-16-27(38)53-36(46)39(26,29(21)42)30(25)54-34(44)23-12-10-22(11-13-23)33(43)51-19-7-18-50-31-32(41(47)55-40-31)56(48,49)24-8-5-4-6-9-24/h4-6,8-13,25-28,30,40H,1,7,14-20H2,2-3H3/q+1/t25-,26-,27-,28+,30+,38+,39-/m0/s1. The van der Waals surface area contributed by atoms with Gasteiger partial charge in [0.15, 0.2) is 11.2 Å². The SMILES string of the molecule is C=C1C(=O)[C@@]23C(=O)O[C@H]4CCC(C)(C)[C@H]5C(=O)OC[C@@]45[C@@H]2CC[C@@H]1[C@H]3OC(=O)c1ccc(C(=O)OCCCOc2[nH]o[n+](=O)c2S(=O)(=O)c2ccccc2)cc1. The number of H-pyrrole nitrogens is 1. The van der Waals surface area contributed by atoms with Crippen molar-refractivity contribution in [1.29, 1.82) is 0 Å². The molecule has 2 aromatic carbocycles. The lowest BCUT2D eigenvalue weighted by Gasteiger charge is -2.61. The average molecular weight is 792 g/mol. The van der Waals surface area contributed by atoms with E-state index in [1.165, 1.54) is 48.5 Å². The highest BCUT2D eigenvalue weighted by Gasteiger charge is 2.81. The molecule has 7 atom stereocenters. The predicted octanol–water partition coefficient (Wildman–Crippen LogP) is 3.56. The van der Waals surface area contributed by atoms with Gasteiger partial charge in [0.25, 0.3) is 9.84 Å². The molecule has 294 valence electrons. The van der Waals surface area contributed by atoms with Crippen LogP contribution in [0.15, 0.2) is 81.3 Å². The number of cyclic esters (lactones) is 1. The highest BCUT2D eigenvalue weighted by Crippen LogP contribution is 2.71. The zero-order valence-electron chi connectivity index (χ0n) is 30.5. The summed E-state index contributed by atoms with van der Waals surface area (Å²) >= 11 is 0. The van der Waals surface area contributed by atoms with E-state index < -0.39 is 90.6 Å². The molecule has 2 spiro atoms. The number of sulfone groups is 1. The van der Waals surface area contributed by atoms with Gasteiger partial charge < -0.3 is 23.7 Å². The van der Waals surface area contributed by atoms with Crippen LogP contribution < -0.4 is 9.34 Å². The number of hydrogen-bond donors (Lipinski definition) is 1. The van der Waals surface area contributed by atoms with E-state index in [4.69, 9.17) is 23.7 Å². The van der Waals surface area contributed by atoms with Crippen LogP contribution in [0.4, 0.5) is 0 Å². The molecule has 1 aromatic heterocycles. The Bertz CT molecular complexity index is 2330. The molecule has 1 N–H and O–H groups in total. The fourth-order valence-corrected chi connectivity index (χ4v) is 11.3. The van der Waals surface area contributed by atoms with Gasteiger partial charge in [-0.15, -0.1) is 0 Å². The Morgan fingerprint density at radius 2 is 1.66 bits per heavy atom. The molecule has 5 aliphatic rings. The van der Waals surface area contributed by atoms with Gasteiger partial charge in [-0.2, -0.15) is 0 Å². The number of carbonyl (C=O) groups excluding carboxylic acids is 5. The van der Waals surface area contributed by atoms with E-state index in [0.29, 0.717) is 25.7 Å². The number of Topliss-reactive ketones (excluding diaryl/α,β-unsaturated/α-hetero) is 1. The number of esters is 4. The summed E-state index contributed by atoms with van der Waals surface area (Å²) in [7, 11) is -4.27. The lowest BCUT2D eigenvalue weighted by Crippen LogP contribution is -2.71. The van der Waals surface area contributed by atoms with Gasteiger partial charge in [0.05, 0.1) is 40.6 Å². The number of nitrogens with one attached hydrogen (secondary N) is 1. The summed E-state index contributed by atoms with van der Waals surface area (Å²) < 4.78 is 58.8. The lowest BCUT2D eigenvalue weighted by molar-refractivity contribution is -0.744. The number of fused-ring (bicyclic) bond motifs is 1. The van der Waals surface area contributed by atoms with Crippen molar-refractivity contribution in [1.82, 2.24) is 5.16 Å². The average Bonchev–Trinajstić information content (AvgIpc) is 3.78. The van der Waals surface area contributed by atoms with Crippen LogP contribution in [-0.4, -0.2) is 75.3 Å². The fourth-order valence-electron chi connectivity index (χ4n) is 9.96. The Morgan fingerprint density at radius 3 is 2.38 bits per heavy atom. The van der Waals surface area contributed by atoms with Crippen molar-refractivity contribution in [3.05, 3.63) is 82.8 Å². The molecular formula is C39H39N2O14S+. The molecule has 3 aromatic rings. The van der Waals surface area contributed by atoms with Crippen molar-refractivity contribution in [3.8, 4) is 5.88 Å². The summed E-state index contributed by atoms with van der Waals surface area (Å²) in [6.45, 7) is 7.71. The van der Waals surface area contributed by atoms with Crippen LogP contribution in [0.25, 0.3) is 0 Å². The second-order valence-electron chi connectivity index (χ2n) is 15.7. The maximum absolute atomic E-state index is 14.2. The molecule has 2 bridgehead atoms. The van der Waals surface area contributed by atoms with Gasteiger partial charge in [-0.05, 0) is 89.1 Å². The van der Waals surface area contributed by atoms with Gasteiger partial charge in [-0.1, -0.05) is 43.3 Å². The van der Waals surface area contributed by atoms with E-state index >= 15 is 0 Å². The van der Waals surface area contributed by atoms with Crippen molar-refractivity contribution in [2.24, 2.45) is 34.0 Å². The van der Waals surface area contributed by atoms with Gasteiger partial charge in [-0.25, -0.2) is 18.0 Å². The summed E-state index contributed by atoms with van der Waals surface area (Å²) in [4.78, 5) is 80.1. The van der Waals surface area contributed by atoms with Gasteiger partial charge >= 0.3 is 34.8 Å². The Hall–Kier alpha value is -5.58. The van der Waals surface area contributed by atoms with E-state index in [1.54, 1.807) is 6.07 Å². The van der Waals surface area contributed by atoms with Crippen molar-refractivity contribution < 1.29 is 65.3 Å². The number of benzene rings is 2. The third-order valence-corrected chi connectivity index (χ3v) is 14.1. The maximum atomic E-state index is 14.2. The van der Waals surface area contributed by atoms with E-state index in [0.717, 1.165) is 0 Å². The number of aromatic amines is 1. The van der Waals surface area contributed by atoms with Crippen LogP contribution in [0.5, 0.6) is 5.88 Å². The molecule has 0 radical (unpaired) electrons. The van der Waals surface area contributed by atoms with Gasteiger partial charge in [-0.3, -0.25) is 14.4 Å². The third-order valence-electron chi connectivity index (χ3n) is 12.4. The zero-order chi connectivity index (χ0) is 39.8. The Labute approximate surface area is 319 Å². The van der Waals surface area contributed by atoms with Crippen molar-refractivity contribution >= 4 is 39.5 Å². The first-order valence-corrected chi connectivity index (χ1v) is 19.8. The molecule has 8 rings (SSSR count). The first-order chi connectivity index (χ1) is 26.7. The molecule has 0 unspecified atom stereocenters. The highest BCUT2D eigenvalue weighted by atomic mass is 32.2. The van der Waals surface area contributed by atoms with Crippen LogP contribution in [-0.2, 0) is 43.2 Å². The smallest absolute Gasteiger partial charge is 0.404 e. The van der Waals surface area contributed by atoms with E-state index in [9.17, 15) is 37.3 Å². The largest absolute Gasteiger partial charge is 0.465 e. The van der Waals surface area contributed by atoms with E-state index in [2.05, 4.69) is 16.4 Å². The number of ketones is 1. The molecule has 56 heavy (non-hydrogen) atoms. The molecule has 16 nitrogen and oxygen atoms in total. The summed E-state index contributed by atoms with van der Waals surface area (Å²) in [5, 5.41) is 1.37.